The van der Waals surface area contributed by atoms with Gasteiger partial charge in [0.15, 0.2) is 5.78 Å². The van der Waals surface area contributed by atoms with Crippen LogP contribution in [0.1, 0.15) is 47.7 Å². The smallest absolute Gasteiger partial charge is 0.308 e. The minimum Gasteiger partial charge on any atom is -0.494 e. The first kappa shape index (κ1) is 29.5. The zero-order valence-electron chi connectivity index (χ0n) is 21.6. The second-order valence-corrected chi connectivity index (χ2v) is 9.95. The highest BCUT2D eigenvalue weighted by Gasteiger charge is 2.28. The average molecular weight is 603 g/mol. The number of hydrogen-bond donors (Lipinski definition) is 2. The van der Waals surface area contributed by atoms with Gasteiger partial charge in [-0.05, 0) is 48.7 Å². The van der Waals surface area contributed by atoms with Crippen molar-refractivity contribution in [2.45, 2.75) is 39.0 Å². The van der Waals surface area contributed by atoms with Crippen molar-refractivity contribution >= 4 is 71.4 Å². The van der Waals surface area contributed by atoms with Gasteiger partial charge in [0.1, 0.15) is 30.0 Å². The number of amides is 1. The van der Waals surface area contributed by atoms with Crippen molar-refractivity contribution in [2.75, 3.05) is 11.9 Å². The van der Waals surface area contributed by atoms with E-state index in [9.17, 15) is 14.4 Å². The lowest BCUT2D eigenvalue weighted by atomic mass is 10.0. The standard InChI is InChI=1S/C29H26Cl2N2O6S/c1-18(34)38-26-7-3-2-6-20(26)17-25(35)28-24(12-10-22(30)29(28)31)33(39-40)14-4-5-15-37-21-9-11-23-19(16-21)8-13-27(36)32-23/h2-3,6-7,9-12,14,16H,4-5,8,13,15,17H2,1H3,(H-,32,36,40)/p+1. The number of fused-ring (bicyclic) bond motifs is 1. The summed E-state index contributed by atoms with van der Waals surface area (Å²) in [7, 11) is 0. The molecule has 8 nitrogen and oxygen atoms in total. The summed E-state index contributed by atoms with van der Waals surface area (Å²) in [6, 6.07) is 15.6. The van der Waals surface area contributed by atoms with Gasteiger partial charge in [-0.1, -0.05) is 41.4 Å². The molecule has 4 rings (SSSR count). The van der Waals surface area contributed by atoms with Gasteiger partial charge in [0.05, 0.1) is 16.7 Å². The quantitative estimate of drug-likeness (QED) is 0.0297. The fourth-order valence-electron chi connectivity index (χ4n) is 4.26. The molecule has 0 aromatic heterocycles. The number of ketones is 1. The zero-order valence-corrected chi connectivity index (χ0v) is 24.0. The molecule has 0 saturated heterocycles. The SMILES string of the molecule is CC(=O)Oc1ccccc1CC(=O)c1c([N+](=CCCCOc2ccc3c(c2)CCC(=O)N3)OS)ccc(Cl)c1Cl. The van der Waals surface area contributed by atoms with E-state index in [1.165, 1.54) is 11.7 Å². The predicted octanol–water partition coefficient (Wildman–Crippen LogP) is 6.58. The van der Waals surface area contributed by atoms with E-state index in [0.29, 0.717) is 49.3 Å². The summed E-state index contributed by atoms with van der Waals surface area (Å²) in [5, 5.41) is 3.14. The summed E-state index contributed by atoms with van der Waals surface area (Å²) in [6.07, 6.45) is 3.95. The van der Waals surface area contributed by atoms with Gasteiger partial charge in [-0.25, -0.2) is 0 Å². The Morgan fingerprint density at radius 2 is 1.90 bits per heavy atom. The summed E-state index contributed by atoms with van der Waals surface area (Å²) in [5.41, 5.74) is 2.89. The highest BCUT2D eigenvalue weighted by atomic mass is 35.5. The number of carbonyl (C=O) groups is 3. The van der Waals surface area contributed by atoms with E-state index in [4.69, 9.17) is 37.0 Å². The number of thiol groups is 1. The summed E-state index contributed by atoms with van der Waals surface area (Å²) in [4.78, 5) is 36.5. The third-order valence-corrected chi connectivity index (χ3v) is 7.12. The molecule has 1 heterocycles. The van der Waals surface area contributed by atoms with Crippen LogP contribution >= 0.6 is 36.1 Å². The van der Waals surface area contributed by atoms with Gasteiger partial charge < -0.3 is 14.8 Å². The fourth-order valence-corrected chi connectivity index (χ4v) is 4.84. The van der Waals surface area contributed by atoms with Crippen LogP contribution in [0, 0.1) is 0 Å². The van der Waals surface area contributed by atoms with E-state index in [-0.39, 0.29) is 33.7 Å². The molecular formula is C29H27Cl2N2O6S+. The van der Waals surface area contributed by atoms with Crippen LogP contribution in [0.15, 0.2) is 54.6 Å². The highest BCUT2D eigenvalue weighted by Crippen LogP contribution is 2.35. The molecule has 1 aliphatic rings. The van der Waals surface area contributed by atoms with Crippen LogP contribution in [-0.2, 0) is 26.7 Å². The van der Waals surface area contributed by atoms with Crippen LogP contribution in [-0.4, -0.2) is 35.2 Å². The topological polar surface area (TPSA) is 93.9 Å². The van der Waals surface area contributed by atoms with Crippen LogP contribution in [0.2, 0.25) is 10.0 Å². The largest absolute Gasteiger partial charge is 0.494 e. The van der Waals surface area contributed by atoms with Crippen LogP contribution in [0.5, 0.6) is 11.5 Å². The molecule has 0 aliphatic carbocycles. The molecule has 0 unspecified atom stereocenters. The molecule has 40 heavy (non-hydrogen) atoms. The number of rotatable bonds is 11. The van der Waals surface area contributed by atoms with Crippen molar-refractivity contribution in [3.63, 3.8) is 0 Å². The average Bonchev–Trinajstić information content (AvgIpc) is 2.93. The number of Topliss-reactive ketones (excluding diaryl/α,β-unsaturated/α-hetero) is 1. The van der Waals surface area contributed by atoms with E-state index in [1.807, 2.05) is 18.2 Å². The van der Waals surface area contributed by atoms with E-state index >= 15 is 0 Å². The van der Waals surface area contributed by atoms with Crippen molar-refractivity contribution in [3.8, 4) is 11.5 Å². The molecule has 0 saturated carbocycles. The Hall–Kier alpha value is -3.53. The minimum absolute atomic E-state index is 0.0197. The molecule has 208 valence electrons. The molecule has 1 N–H and O–H groups in total. The molecule has 0 spiro atoms. The number of unbranched alkanes of at least 4 members (excludes halogenated alkanes) is 1. The Balaban J connectivity index is 1.45. The predicted molar refractivity (Wildman–Crippen MR) is 156 cm³/mol. The minimum atomic E-state index is -0.491. The maximum Gasteiger partial charge on any atom is 0.308 e. The van der Waals surface area contributed by atoms with E-state index in [1.54, 1.807) is 42.6 Å². The van der Waals surface area contributed by atoms with Gasteiger partial charge in [0.2, 0.25) is 12.1 Å². The van der Waals surface area contributed by atoms with Crippen LogP contribution in [0.4, 0.5) is 11.4 Å². The van der Waals surface area contributed by atoms with Gasteiger partial charge >= 0.3 is 5.97 Å². The molecule has 1 amide bonds. The Morgan fingerprint density at radius 1 is 1.10 bits per heavy atom. The first-order valence-corrected chi connectivity index (χ1v) is 13.7. The summed E-state index contributed by atoms with van der Waals surface area (Å²) in [5.74, 6) is 0.197. The highest BCUT2D eigenvalue weighted by molar-refractivity contribution is 7.74. The van der Waals surface area contributed by atoms with E-state index in [0.717, 1.165) is 17.0 Å². The number of benzene rings is 3. The number of aryl methyl sites for hydroxylation is 1. The Bertz CT molecular complexity index is 1480. The van der Waals surface area contributed by atoms with Gasteiger partial charge in [0.25, 0.3) is 5.69 Å². The molecule has 0 fully saturated rings. The number of anilines is 1. The number of halogens is 2. The third-order valence-electron chi connectivity index (χ3n) is 6.14. The maximum atomic E-state index is 13.5. The molecule has 1 aliphatic heterocycles. The van der Waals surface area contributed by atoms with Crippen molar-refractivity contribution in [2.24, 2.45) is 0 Å². The van der Waals surface area contributed by atoms with E-state index in [2.05, 4.69) is 18.2 Å². The summed E-state index contributed by atoms with van der Waals surface area (Å²) in [6.45, 7) is 1.73. The monoisotopic (exact) mass is 601 g/mol. The molecular weight excluding hydrogens is 575 g/mol. The molecule has 0 bridgehead atoms. The zero-order chi connectivity index (χ0) is 28.6. The van der Waals surface area contributed by atoms with Gasteiger partial charge in [-0.2, -0.15) is 4.28 Å². The van der Waals surface area contributed by atoms with Crippen LogP contribution in [0.25, 0.3) is 0 Å². The fraction of sp³-hybridized carbons (Fsp3) is 0.241. The summed E-state index contributed by atoms with van der Waals surface area (Å²) >= 11 is 16.7. The van der Waals surface area contributed by atoms with Gasteiger partial charge in [-0.3, -0.25) is 14.4 Å². The Morgan fingerprint density at radius 3 is 2.67 bits per heavy atom. The lowest BCUT2D eigenvalue weighted by Crippen LogP contribution is -2.18. The number of carbonyl (C=O) groups excluding carboxylic acids is 3. The van der Waals surface area contributed by atoms with Crippen molar-refractivity contribution in [1.82, 2.24) is 0 Å². The maximum absolute atomic E-state index is 13.5. The van der Waals surface area contributed by atoms with Crippen LogP contribution in [0.3, 0.4) is 0 Å². The van der Waals surface area contributed by atoms with Crippen LogP contribution < -0.4 is 14.8 Å². The first-order chi connectivity index (χ1) is 19.3. The normalized spacial score (nSPS) is 12.8. The van der Waals surface area contributed by atoms with Gasteiger partial charge in [0, 0.05) is 48.2 Å². The second-order valence-electron chi connectivity index (χ2n) is 9.00. The number of ether oxygens (including phenoxy) is 2. The molecule has 11 heteroatoms. The van der Waals surface area contributed by atoms with Crippen molar-refractivity contribution in [1.29, 1.82) is 0 Å². The lowest BCUT2D eigenvalue weighted by Gasteiger charge is -2.17. The Labute approximate surface area is 247 Å². The van der Waals surface area contributed by atoms with Gasteiger partial charge in [-0.15, -0.1) is 0 Å². The Kier molecular flexibility index (Phi) is 10.1. The van der Waals surface area contributed by atoms with Crippen molar-refractivity contribution < 1.29 is 32.9 Å². The first-order valence-electron chi connectivity index (χ1n) is 12.5. The number of hydrogen-bond acceptors (Lipinski definition) is 7. The molecule has 3 aromatic rings. The lowest BCUT2D eigenvalue weighted by molar-refractivity contribution is -0.672. The number of nitrogens with one attached hydrogen (secondary N) is 1. The molecule has 3 aromatic carbocycles. The summed E-state index contributed by atoms with van der Waals surface area (Å²) < 4.78 is 17.7. The second kappa shape index (κ2) is 13.7. The third kappa shape index (κ3) is 7.35. The number of esters is 1. The molecule has 0 radical (unpaired) electrons. The number of para-hydroxylation sites is 1. The van der Waals surface area contributed by atoms with E-state index < -0.39 is 5.97 Å². The molecule has 0 atom stereocenters. The van der Waals surface area contributed by atoms with Crippen molar-refractivity contribution in [3.05, 3.63) is 81.3 Å². The number of nitrogens with zero attached hydrogens (tertiary/aromatic N) is 1.